The van der Waals surface area contributed by atoms with Crippen molar-refractivity contribution in [2.75, 3.05) is 30.9 Å². The molecule has 7 nitrogen and oxygen atoms in total. The first kappa shape index (κ1) is 26.7. The van der Waals surface area contributed by atoms with Crippen LogP contribution in [0.5, 0.6) is 0 Å². The number of amides is 1. The van der Waals surface area contributed by atoms with Gasteiger partial charge in [0.25, 0.3) is 5.91 Å². The summed E-state index contributed by atoms with van der Waals surface area (Å²) in [6.07, 6.45) is 7.87. The minimum atomic E-state index is -0.189. The van der Waals surface area contributed by atoms with Gasteiger partial charge in [0.05, 0.1) is 23.7 Å². The number of allylic oxidation sites excluding steroid dienone is 2. The molecule has 1 aliphatic heterocycles. The zero-order chi connectivity index (χ0) is 25.2. The topological polar surface area (TPSA) is 87.6 Å². The highest BCUT2D eigenvalue weighted by Gasteiger charge is 2.18. The van der Waals surface area contributed by atoms with Crippen molar-refractivity contribution in [2.45, 2.75) is 45.4 Å². The van der Waals surface area contributed by atoms with E-state index in [1.54, 1.807) is 13.3 Å². The minimum Gasteiger partial charge on any atom is -0.383 e. The molecule has 35 heavy (non-hydrogen) atoms. The Hall–Kier alpha value is -2.86. The number of hydrogen-bond donors (Lipinski definition) is 3. The molecule has 0 saturated heterocycles. The number of carbonyl (C=O) groups excluding carboxylic acids is 1. The lowest BCUT2D eigenvalue weighted by atomic mass is 10.1. The van der Waals surface area contributed by atoms with Gasteiger partial charge in [0, 0.05) is 37.8 Å². The van der Waals surface area contributed by atoms with Gasteiger partial charge in [-0.15, -0.1) is 0 Å². The number of ether oxygens (including phenoxy) is 1. The average molecular weight is 494 g/mol. The molecular weight excluding hydrogens is 457 g/mol. The van der Waals surface area contributed by atoms with Crippen molar-refractivity contribution in [3.8, 4) is 0 Å². The lowest BCUT2D eigenvalue weighted by molar-refractivity contribution is 0.102. The Bertz CT molecular complexity index is 1100. The fourth-order valence-corrected chi connectivity index (χ4v) is 4.86. The molecule has 1 aliphatic rings. The van der Waals surface area contributed by atoms with E-state index in [-0.39, 0.29) is 17.7 Å². The van der Waals surface area contributed by atoms with Gasteiger partial charge >= 0.3 is 0 Å². The molecule has 186 valence electrons. The number of benzene rings is 1. The van der Waals surface area contributed by atoms with E-state index < -0.39 is 0 Å². The number of pyridine rings is 1. The van der Waals surface area contributed by atoms with Gasteiger partial charge in [-0.3, -0.25) is 15.1 Å². The van der Waals surface area contributed by atoms with Crippen molar-refractivity contribution in [3.05, 3.63) is 76.9 Å². The van der Waals surface area contributed by atoms with Crippen LogP contribution in [0.3, 0.4) is 0 Å². The quantitative estimate of drug-likeness (QED) is 0.279. The Kier molecular flexibility index (Phi) is 10.2. The highest BCUT2D eigenvalue weighted by Crippen LogP contribution is 2.37. The monoisotopic (exact) mass is 493 g/mol. The molecule has 8 heteroatoms. The summed E-state index contributed by atoms with van der Waals surface area (Å²) in [5.41, 5.74) is 4.27. The fourth-order valence-electron chi connectivity index (χ4n) is 3.68. The number of hydrogen-bond acceptors (Lipinski definition) is 6. The summed E-state index contributed by atoms with van der Waals surface area (Å²) in [7, 11) is 2.21. The van der Waals surface area contributed by atoms with Crippen molar-refractivity contribution < 1.29 is 9.53 Å². The van der Waals surface area contributed by atoms with Crippen LogP contribution in [0.25, 0.3) is 0 Å². The molecule has 0 fully saturated rings. The second-order valence-corrected chi connectivity index (χ2v) is 10.0. The largest absolute Gasteiger partial charge is 0.383 e. The number of aromatic nitrogens is 1. The van der Waals surface area contributed by atoms with Crippen molar-refractivity contribution >= 4 is 32.2 Å². The third kappa shape index (κ3) is 7.82. The van der Waals surface area contributed by atoms with Crippen LogP contribution in [0.4, 0.5) is 11.5 Å². The summed E-state index contributed by atoms with van der Waals surface area (Å²) < 4.78 is 5.05. The minimum absolute atomic E-state index is 0.0890. The summed E-state index contributed by atoms with van der Waals surface area (Å²) in [6, 6.07) is 9.84. The van der Waals surface area contributed by atoms with Gasteiger partial charge in [-0.2, -0.15) is 0 Å². The van der Waals surface area contributed by atoms with E-state index in [0.717, 1.165) is 46.5 Å². The summed E-state index contributed by atoms with van der Waals surface area (Å²) in [6.45, 7) is 11.7. The van der Waals surface area contributed by atoms with Gasteiger partial charge in [-0.05, 0) is 54.9 Å². The number of nitrogens with zero attached hydrogens (tertiary/aromatic N) is 2. The third-order valence-electron chi connectivity index (χ3n) is 5.64. The van der Waals surface area contributed by atoms with Gasteiger partial charge in [0.15, 0.2) is 0 Å². The maximum atomic E-state index is 12.8. The van der Waals surface area contributed by atoms with Crippen LogP contribution in [0.2, 0.25) is 0 Å². The van der Waals surface area contributed by atoms with Crippen LogP contribution >= 0.6 is 8.58 Å². The molecule has 1 aromatic carbocycles. The van der Waals surface area contributed by atoms with Gasteiger partial charge in [0.2, 0.25) is 0 Å². The van der Waals surface area contributed by atoms with Crippen molar-refractivity contribution in [2.24, 2.45) is 4.99 Å². The Morgan fingerprint density at radius 1 is 1.34 bits per heavy atom. The molecule has 0 radical (unpaired) electrons. The second kappa shape index (κ2) is 13.3. The molecule has 2 aromatic rings. The number of aryl methyl sites for hydroxylation is 1. The van der Waals surface area contributed by atoms with Gasteiger partial charge in [-0.25, -0.2) is 4.98 Å². The van der Waals surface area contributed by atoms with E-state index in [9.17, 15) is 4.79 Å². The molecule has 2 heterocycles. The predicted molar refractivity (Wildman–Crippen MR) is 148 cm³/mol. The summed E-state index contributed by atoms with van der Waals surface area (Å²) in [4.78, 5) is 21.8. The lowest BCUT2D eigenvalue weighted by Crippen LogP contribution is -2.30. The summed E-state index contributed by atoms with van der Waals surface area (Å²) in [5.74, 6) is 0.716. The van der Waals surface area contributed by atoms with Gasteiger partial charge < -0.3 is 15.4 Å². The first-order chi connectivity index (χ1) is 16.9. The third-order valence-corrected chi connectivity index (χ3v) is 6.87. The number of anilines is 2. The van der Waals surface area contributed by atoms with E-state index in [1.807, 2.05) is 37.4 Å². The Morgan fingerprint density at radius 3 is 2.89 bits per heavy atom. The van der Waals surface area contributed by atoms with Crippen molar-refractivity contribution in [3.63, 3.8) is 0 Å². The number of unbranched alkanes of at least 4 members (excludes halogenated alkanes) is 1. The predicted octanol–water partition coefficient (Wildman–Crippen LogP) is 5.64. The fraction of sp³-hybridized carbons (Fsp3) is 0.370. The molecule has 0 aliphatic carbocycles. The van der Waals surface area contributed by atoms with Gasteiger partial charge in [0.1, 0.15) is 5.82 Å². The Balaban J connectivity index is 1.61. The summed E-state index contributed by atoms with van der Waals surface area (Å²) >= 11 is 0. The first-order valence-corrected chi connectivity index (χ1v) is 13.1. The van der Waals surface area contributed by atoms with Crippen LogP contribution < -0.4 is 16.0 Å². The number of rotatable bonds is 11. The molecule has 0 spiro atoms. The number of methoxy groups -OCH3 is 1. The molecule has 3 atom stereocenters. The molecule has 0 saturated carbocycles. The standard InChI is InChI=1S/C27H36N5O2P/c1-6-7-11-24-20(4)35-25(17-29-24)31-19(3)21-9-8-10-23(15-21)32-27(33)22-14-18(2)26(30-16-22)28-12-13-34-5/h8-11,14-17,19,25,31,35H,4,6-7,12-13H2,1-3,5H3,(H,28,30)(H,32,33)/b24-11+. The SMILES string of the molecule is C=C1PC(NC(C)c2cccc(NC(=O)c3cnc(NCCOC)c(C)c3)c2)C=N/C1=C/CCC. The molecule has 3 rings (SSSR count). The zero-order valence-electron chi connectivity index (χ0n) is 21.0. The Labute approximate surface area is 210 Å². The molecule has 1 amide bonds. The van der Waals surface area contributed by atoms with Gasteiger partial charge in [-0.1, -0.05) is 46.7 Å². The molecule has 1 aromatic heterocycles. The average Bonchev–Trinajstić information content (AvgIpc) is 2.84. The van der Waals surface area contributed by atoms with Crippen LogP contribution in [0.15, 0.2) is 65.2 Å². The first-order valence-electron chi connectivity index (χ1n) is 12.0. The summed E-state index contributed by atoms with van der Waals surface area (Å²) in [5, 5.41) is 10.9. The maximum Gasteiger partial charge on any atom is 0.257 e. The van der Waals surface area contributed by atoms with E-state index in [4.69, 9.17) is 4.74 Å². The zero-order valence-corrected chi connectivity index (χ0v) is 22.0. The van der Waals surface area contributed by atoms with Crippen LogP contribution in [0.1, 0.15) is 54.2 Å². The normalized spacial score (nSPS) is 18.1. The van der Waals surface area contributed by atoms with Crippen molar-refractivity contribution in [1.29, 1.82) is 0 Å². The molecule has 0 bridgehead atoms. The molecule has 3 unspecified atom stereocenters. The lowest BCUT2D eigenvalue weighted by Gasteiger charge is -2.25. The second-order valence-electron chi connectivity index (χ2n) is 8.53. The molecular formula is C27H36N5O2P. The number of carbonyl (C=O) groups is 1. The smallest absolute Gasteiger partial charge is 0.257 e. The van der Waals surface area contributed by atoms with Crippen molar-refractivity contribution in [1.82, 2.24) is 10.3 Å². The highest BCUT2D eigenvalue weighted by molar-refractivity contribution is 7.45. The van der Waals surface area contributed by atoms with E-state index >= 15 is 0 Å². The van der Waals surface area contributed by atoms with E-state index in [1.165, 1.54) is 0 Å². The van der Waals surface area contributed by atoms with Crippen LogP contribution in [-0.4, -0.2) is 43.2 Å². The van der Waals surface area contributed by atoms with Crippen LogP contribution in [0, 0.1) is 6.92 Å². The maximum absolute atomic E-state index is 12.8. The van der Waals surface area contributed by atoms with E-state index in [2.05, 4.69) is 58.5 Å². The number of aliphatic imine (C=N–C) groups is 1. The van der Waals surface area contributed by atoms with E-state index in [0.29, 0.717) is 27.3 Å². The number of nitrogens with one attached hydrogen (secondary N) is 3. The molecule has 3 N–H and O–H groups in total. The Morgan fingerprint density at radius 2 is 2.17 bits per heavy atom. The van der Waals surface area contributed by atoms with Crippen LogP contribution in [-0.2, 0) is 4.74 Å². The highest BCUT2D eigenvalue weighted by atomic mass is 31.1.